The molecule has 2 nitrogen and oxygen atoms in total. The molecule has 0 spiro atoms. The smallest absolute Gasteiger partial charge is 0.394 e. The van der Waals surface area contributed by atoms with Gasteiger partial charge in [-0.25, -0.2) is 0 Å². The maximum atomic E-state index is 2.37. The van der Waals surface area contributed by atoms with Gasteiger partial charge >= 0.3 is 7.55 Å². The summed E-state index contributed by atoms with van der Waals surface area (Å²) in [6.07, 6.45) is 8.16. The van der Waals surface area contributed by atoms with Gasteiger partial charge in [-0.15, -0.1) is 0 Å². The van der Waals surface area contributed by atoms with Crippen molar-refractivity contribution in [2.24, 2.45) is 0 Å². The summed E-state index contributed by atoms with van der Waals surface area (Å²) in [5, 5.41) is 0. The summed E-state index contributed by atoms with van der Waals surface area (Å²) in [6, 6.07) is 24.3. The van der Waals surface area contributed by atoms with Crippen molar-refractivity contribution >= 4 is 18.7 Å². The minimum Gasteiger partial charge on any atom is -0.394 e. The SMILES string of the molecule is CCCCc1ccc(C2=CCN3[B]n4cccc4C(c4ccccc4)=C23)cc1. The molecule has 0 atom stereocenters. The van der Waals surface area contributed by atoms with Gasteiger partial charge in [0.25, 0.3) is 0 Å². The summed E-state index contributed by atoms with van der Waals surface area (Å²) in [5.74, 6) is 0. The molecule has 0 saturated carbocycles. The van der Waals surface area contributed by atoms with Crippen LogP contribution in [0.3, 0.4) is 0 Å². The molecule has 28 heavy (non-hydrogen) atoms. The topological polar surface area (TPSA) is 8.17 Å². The molecule has 0 fully saturated rings. The van der Waals surface area contributed by atoms with Crippen molar-refractivity contribution in [3.8, 4) is 0 Å². The average Bonchev–Trinajstić information content (AvgIpc) is 3.38. The van der Waals surface area contributed by atoms with Crippen LogP contribution >= 0.6 is 0 Å². The van der Waals surface area contributed by atoms with Crippen LogP contribution in [-0.4, -0.2) is 23.4 Å². The molecule has 1 aromatic heterocycles. The third kappa shape index (κ3) is 2.92. The monoisotopic (exact) mass is 363 g/mol. The number of allylic oxidation sites excluding steroid dienone is 1. The largest absolute Gasteiger partial charge is 0.396 e. The van der Waals surface area contributed by atoms with Gasteiger partial charge in [0.15, 0.2) is 0 Å². The van der Waals surface area contributed by atoms with E-state index in [4.69, 9.17) is 0 Å². The highest BCUT2D eigenvalue weighted by Gasteiger charge is 2.32. The fraction of sp³-hybridized carbons (Fsp3) is 0.200. The maximum absolute atomic E-state index is 2.37. The Hall–Kier alpha value is -2.94. The number of aromatic nitrogens is 1. The normalized spacial score (nSPS) is 15.2. The van der Waals surface area contributed by atoms with E-state index in [9.17, 15) is 0 Å². The Morgan fingerprint density at radius 1 is 0.893 bits per heavy atom. The molecule has 0 bridgehead atoms. The lowest BCUT2D eigenvalue weighted by Gasteiger charge is -2.31. The third-order valence-corrected chi connectivity index (χ3v) is 5.72. The molecule has 0 unspecified atom stereocenters. The maximum Gasteiger partial charge on any atom is 0.396 e. The number of aryl methyl sites for hydroxylation is 1. The van der Waals surface area contributed by atoms with Crippen molar-refractivity contribution in [3.63, 3.8) is 0 Å². The first kappa shape index (κ1) is 17.2. The Balaban J connectivity index is 1.61. The molecule has 2 aliphatic rings. The van der Waals surface area contributed by atoms with E-state index < -0.39 is 0 Å². The van der Waals surface area contributed by atoms with Crippen molar-refractivity contribution < 1.29 is 0 Å². The van der Waals surface area contributed by atoms with Crippen LogP contribution in [0.5, 0.6) is 0 Å². The van der Waals surface area contributed by atoms with Gasteiger partial charge in [0, 0.05) is 29.1 Å². The van der Waals surface area contributed by atoms with Crippen LogP contribution in [-0.2, 0) is 6.42 Å². The highest BCUT2D eigenvalue weighted by molar-refractivity contribution is 6.34. The predicted octanol–water partition coefficient (Wildman–Crippen LogP) is 5.39. The first-order chi connectivity index (χ1) is 13.8. The van der Waals surface area contributed by atoms with Crippen LogP contribution in [0.2, 0.25) is 0 Å². The summed E-state index contributed by atoms with van der Waals surface area (Å²) >= 11 is 0. The molecule has 5 rings (SSSR count). The summed E-state index contributed by atoms with van der Waals surface area (Å²) < 4.78 is 2.23. The molecule has 3 aromatic rings. The number of unbranched alkanes of at least 4 members (excludes halogenated alkanes) is 1. The number of rotatable bonds is 5. The Labute approximate surface area is 168 Å². The number of benzene rings is 2. The zero-order valence-corrected chi connectivity index (χ0v) is 16.3. The highest BCUT2D eigenvalue weighted by Crippen LogP contribution is 2.41. The predicted molar refractivity (Wildman–Crippen MR) is 118 cm³/mol. The van der Waals surface area contributed by atoms with E-state index in [1.54, 1.807) is 0 Å². The molecule has 0 aliphatic carbocycles. The second-order valence-corrected chi connectivity index (χ2v) is 7.58. The third-order valence-electron chi connectivity index (χ3n) is 5.72. The van der Waals surface area contributed by atoms with E-state index in [1.165, 1.54) is 58.5 Å². The van der Waals surface area contributed by atoms with Gasteiger partial charge in [0.05, 0.1) is 0 Å². The lowest BCUT2D eigenvalue weighted by atomic mass is 9.88. The molecule has 3 heterocycles. The van der Waals surface area contributed by atoms with Gasteiger partial charge in [-0.3, -0.25) is 0 Å². The van der Waals surface area contributed by atoms with E-state index in [0.717, 1.165) is 6.54 Å². The van der Waals surface area contributed by atoms with Crippen molar-refractivity contribution in [3.05, 3.63) is 107 Å². The summed E-state index contributed by atoms with van der Waals surface area (Å²) in [6.45, 7) is 3.16. The van der Waals surface area contributed by atoms with Crippen LogP contribution < -0.4 is 0 Å². The van der Waals surface area contributed by atoms with Crippen molar-refractivity contribution in [1.29, 1.82) is 0 Å². The molecule has 2 aliphatic heterocycles. The van der Waals surface area contributed by atoms with Gasteiger partial charge in [0.2, 0.25) is 0 Å². The van der Waals surface area contributed by atoms with Gasteiger partial charge in [-0.2, -0.15) is 0 Å². The first-order valence-electron chi connectivity index (χ1n) is 10.2. The second kappa shape index (κ2) is 7.24. The minimum absolute atomic E-state index is 0.913. The lowest BCUT2D eigenvalue weighted by molar-refractivity contribution is 0.631. The molecule has 0 N–H and O–H groups in total. The number of fused-ring (bicyclic) bond motifs is 2. The van der Waals surface area contributed by atoms with Gasteiger partial charge in [0.1, 0.15) is 0 Å². The van der Waals surface area contributed by atoms with E-state index in [0.29, 0.717) is 0 Å². The molecule has 2 aromatic carbocycles. The second-order valence-electron chi connectivity index (χ2n) is 7.58. The minimum atomic E-state index is 0.913. The lowest BCUT2D eigenvalue weighted by Crippen LogP contribution is -2.34. The zero-order valence-electron chi connectivity index (χ0n) is 16.3. The van der Waals surface area contributed by atoms with E-state index in [-0.39, 0.29) is 0 Å². The Morgan fingerprint density at radius 3 is 2.50 bits per heavy atom. The molecular formula is C25H24BN2. The average molecular weight is 363 g/mol. The van der Waals surface area contributed by atoms with Gasteiger partial charge in [-0.05, 0) is 47.9 Å². The summed E-state index contributed by atoms with van der Waals surface area (Å²) in [7, 11) is 2.22. The summed E-state index contributed by atoms with van der Waals surface area (Å²) in [4.78, 5) is 2.37. The van der Waals surface area contributed by atoms with Gasteiger partial charge in [-0.1, -0.05) is 74.0 Å². The fourth-order valence-corrected chi connectivity index (χ4v) is 4.27. The molecular weight excluding hydrogens is 339 g/mol. The van der Waals surface area contributed by atoms with Crippen LogP contribution in [0.4, 0.5) is 0 Å². The van der Waals surface area contributed by atoms with Crippen molar-refractivity contribution in [2.45, 2.75) is 26.2 Å². The Kier molecular flexibility index (Phi) is 4.44. The Bertz CT molecular complexity index is 1040. The van der Waals surface area contributed by atoms with Crippen LogP contribution in [0.1, 0.15) is 42.1 Å². The quantitative estimate of drug-likeness (QED) is 0.552. The van der Waals surface area contributed by atoms with Crippen LogP contribution in [0.15, 0.2) is 84.7 Å². The van der Waals surface area contributed by atoms with E-state index in [1.807, 2.05) is 0 Å². The number of hydrogen-bond donors (Lipinski definition) is 0. The molecule has 0 saturated heterocycles. The number of nitrogens with zero attached hydrogens (tertiary/aromatic N) is 2. The van der Waals surface area contributed by atoms with E-state index >= 15 is 0 Å². The molecule has 3 heteroatoms. The Morgan fingerprint density at radius 2 is 1.71 bits per heavy atom. The van der Waals surface area contributed by atoms with Crippen molar-refractivity contribution in [1.82, 2.24) is 9.29 Å². The van der Waals surface area contributed by atoms with Crippen molar-refractivity contribution in [2.75, 3.05) is 6.54 Å². The molecule has 0 amide bonds. The van der Waals surface area contributed by atoms with E-state index in [2.05, 4.69) is 103 Å². The fourth-order valence-electron chi connectivity index (χ4n) is 4.27. The molecule has 1 radical (unpaired) electrons. The number of hydrogen-bond acceptors (Lipinski definition) is 1. The van der Waals surface area contributed by atoms with Crippen LogP contribution in [0, 0.1) is 0 Å². The molecule has 137 valence electrons. The summed E-state index contributed by atoms with van der Waals surface area (Å²) in [5.41, 5.74) is 9.23. The van der Waals surface area contributed by atoms with Crippen LogP contribution in [0.25, 0.3) is 11.1 Å². The highest BCUT2D eigenvalue weighted by atomic mass is 15.2. The van der Waals surface area contributed by atoms with Gasteiger partial charge < -0.3 is 9.29 Å². The standard InChI is InChI=1S/C25H24BN2/c1-2-3-8-19-12-14-20(15-13-19)22-16-18-28-25(22)24(21-9-5-4-6-10-21)23-11-7-17-27(23)26-28/h4-7,9-17H,2-3,8,18H2,1H3. The first-order valence-corrected chi connectivity index (χ1v) is 10.2. The zero-order chi connectivity index (χ0) is 18.9.